The zero-order valence-corrected chi connectivity index (χ0v) is 16.9. The van der Waals surface area contributed by atoms with Gasteiger partial charge < -0.3 is 10.6 Å². The van der Waals surface area contributed by atoms with E-state index in [1.54, 1.807) is 4.90 Å². The first kappa shape index (κ1) is 18.8. The highest BCUT2D eigenvalue weighted by Gasteiger charge is 2.63. The molecule has 3 N–H and O–H groups in total. The molecule has 1 aromatic carbocycles. The second kappa shape index (κ2) is 6.37. The lowest BCUT2D eigenvalue weighted by Gasteiger charge is -2.47. The number of carbonyl (C=O) groups is 3. The summed E-state index contributed by atoms with van der Waals surface area (Å²) in [6.45, 7) is 5.09. The third-order valence-corrected chi connectivity index (χ3v) is 7.74. The molecule has 4 fully saturated rings. The highest BCUT2D eigenvalue weighted by Crippen LogP contribution is 2.61. The number of nitrogens with one attached hydrogen (secondary N) is 1. The van der Waals surface area contributed by atoms with Crippen molar-refractivity contribution in [2.45, 2.75) is 63.7 Å². The molecule has 29 heavy (non-hydrogen) atoms. The predicted molar refractivity (Wildman–Crippen MR) is 107 cm³/mol. The van der Waals surface area contributed by atoms with E-state index in [0.717, 1.165) is 42.6 Å². The van der Waals surface area contributed by atoms with Gasteiger partial charge in [-0.1, -0.05) is 25.1 Å². The van der Waals surface area contributed by atoms with Crippen molar-refractivity contribution in [1.29, 1.82) is 0 Å². The molecule has 1 aromatic rings. The zero-order chi connectivity index (χ0) is 20.4. The van der Waals surface area contributed by atoms with Crippen LogP contribution in [0.2, 0.25) is 0 Å². The molecule has 154 valence electrons. The minimum absolute atomic E-state index is 0.0731. The molecule has 4 heterocycles. The number of hydrogen-bond acceptors (Lipinski definition) is 5. The van der Waals surface area contributed by atoms with E-state index in [0.29, 0.717) is 24.9 Å². The summed E-state index contributed by atoms with van der Waals surface area (Å²) in [5.41, 5.74) is 9.35. The van der Waals surface area contributed by atoms with Gasteiger partial charge in [-0.25, -0.2) is 0 Å². The number of nitrogens with zero attached hydrogens (tertiary/aromatic N) is 2. The lowest BCUT2D eigenvalue weighted by molar-refractivity contribution is -0.136. The summed E-state index contributed by atoms with van der Waals surface area (Å²) in [4.78, 5) is 41.2. The van der Waals surface area contributed by atoms with Gasteiger partial charge in [0.05, 0.1) is 0 Å². The standard InChI is InChI=1S/C22H28N4O3/c1-2-21-10-22(11-21,12-23)25(13-21)8-14-4-3-5-15-9-26(20(29)18(14)15)16-6-7-17(27)24-19(16)28/h3-5,16H,2,6-13,23H2,1H3,(H,24,27,28). The Morgan fingerprint density at radius 3 is 2.72 bits per heavy atom. The lowest BCUT2D eigenvalue weighted by atomic mass is 9.61. The van der Waals surface area contributed by atoms with E-state index in [-0.39, 0.29) is 29.7 Å². The topological polar surface area (TPSA) is 95.7 Å². The average molecular weight is 396 g/mol. The number of imide groups is 1. The highest BCUT2D eigenvalue weighted by atomic mass is 16.2. The van der Waals surface area contributed by atoms with Crippen LogP contribution in [-0.2, 0) is 22.7 Å². The van der Waals surface area contributed by atoms with Crippen LogP contribution in [-0.4, -0.2) is 52.2 Å². The lowest BCUT2D eigenvalue weighted by Crippen LogP contribution is -2.54. The number of hydrogen-bond donors (Lipinski definition) is 2. The van der Waals surface area contributed by atoms with E-state index < -0.39 is 6.04 Å². The van der Waals surface area contributed by atoms with Crippen molar-refractivity contribution in [3.05, 3.63) is 34.9 Å². The van der Waals surface area contributed by atoms with Crippen LogP contribution in [0, 0.1) is 5.41 Å². The van der Waals surface area contributed by atoms with Crippen LogP contribution in [0.15, 0.2) is 18.2 Å². The molecule has 2 bridgehead atoms. The van der Waals surface area contributed by atoms with Crippen LogP contribution < -0.4 is 11.1 Å². The van der Waals surface area contributed by atoms with Gasteiger partial charge in [-0.2, -0.15) is 0 Å². The SMILES string of the molecule is CCC12CN(Cc3cccc4c3C(=O)N(C3CCC(=O)NC3=O)C4)C(CN)(C1)C2. The van der Waals surface area contributed by atoms with Crippen molar-refractivity contribution in [3.8, 4) is 0 Å². The monoisotopic (exact) mass is 396 g/mol. The second-order valence-electron chi connectivity index (χ2n) is 9.34. The van der Waals surface area contributed by atoms with E-state index >= 15 is 0 Å². The Kier molecular flexibility index (Phi) is 4.12. The van der Waals surface area contributed by atoms with E-state index in [9.17, 15) is 14.4 Å². The first-order valence-electron chi connectivity index (χ1n) is 10.6. The number of fused-ring (bicyclic) bond motifs is 2. The zero-order valence-electron chi connectivity index (χ0n) is 16.9. The normalized spacial score (nSPS) is 33.7. The molecule has 7 nitrogen and oxygen atoms in total. The fourth-order valence-corrected chi connectivity index (χ4v) is 6.14. The molecule has 1 saturated carbocycles. The van der Waals surface area contributed by atoms with Gasteiger partial charge in [0.1, 0.15) is 6.04 Å². The maximum atomic E-state index is 13.3. The number of carbonyl (C=O) groups excluding carboxylic acids is 3. The third-order valence-electron chi connectivity index (χ3n) is 7.74. The Bertz CT molecular complexity index is 905. The second-order valence-corrected chi connectivity index (χ2v) is 9.34. The van der Waals surface area contributed by atoms with Crippen molar-refractivity contribution in [2.75, 3.05) is 13.1 Å². The van der Waals surface area contributed by atoms with Crippen LogP contribution in [0.25, 0.3) is 0 Å². The van der Waals surface area contributed by atoms with Gasteiger partial charge in [-0.3, -0.25) is 24.6 Å². The molecular formula is C22H28N4O3. The molecule has 0 radical (unpaired) electrons. The number of nitrogens with two attached hydrogens (primary N) is 1. The highest BCUT2D eigenvalue weighted by molar-refractivity contribution is 6.06. The molecule has 0 spiro atoms. The predicted octanol–water partition coefficient (Wildman–Crippen LogP) is 1.15. The molecular weight excluding hydrogens is 368 g/mol. The first-order valence-corrected chi connectivity index (χ1v) is 10.6. The summed E-state index contributed by atoms with van der Waals surface area (Å²) in [6.07, 6.45) is 4.13. The molecule has 4 aliphatic heterocycles. The van der Waals surface area contributed by atoms with Crippen molar-refractivity contribution >= 4 is 17.7 Å². The van der Waals surface area contributed by atoms with Crippen molar-refractivity contribution in [3.63, 3.8) is 0 Å². The quantitative estimate of drug-likeness (QED) is 0.728. The Balaban J connectivity index is 1.40. The van der Waals surface area contributed by atoms with Gasteiger partial charge >= 0.3 is 0 Å². The minimum atomic E-state index is -0.571. The van der Waals surface area contributed by atoms with Gasteiger partial charge in [-0.15, -0.1) is 0 Å². The summed E-state index contributed by atoms with van der Waals surface area (Å²) in [5.74, 6) is -0.721. The molecule has 7 heteroatoms. The van der Waals surface area contributed by atoms with E-state index in [1.807, 2.05) is 18.2 Å². The summed E-state index contributed by atoms with van der Waals surface area (Å²) in [6, 6.07) is 5.43. The molecule has 1 unspecified atom stereocenters. The molecule has 1 aliphatic carbocycles. The van der Waals surface area contributed by atoms with Crippen molar-refractivity contribution in [2.24, 2.45) is 11.1 Å². The van der Waals surface area contributed by atoms with Crippen LogP contribution >= 0.6 is 0 Å². The van der Waals surface area contributed by atoms with Crippen LogP contribution in [0.4, 0.5) is 0 Å². The molecule has 6 rings (SSSR count). The summed E-state index contributed by atoms with van der Waals surface area (Å²) in [5, 5.41) is 2.37. The average Bonchev–Trinajstić information content (AvgIpc) is 3.28. The fourth-order valence-electron chi connectivity index (χ4n) is 6.14. The van der Waals surface area contributed by atoms with Gasteiger partial charge in [0.15, 0.2) is 0 Å². The number of benzene rings is 1. The fraction of sp³-hybridized carbons (Fsp3) is 0.591. The molecule has 3 saturated heterocycles. The molecule has 5 aliphatic rings. The van der Waals surface area contributed by atoms with Gasteiger partial charge in [-0.05, 0) is 42.2 Å². The summed E-state index contributed by atoms with van der Waals surface area (Å²) >= 11 is 0. The molecule has 3 amide bonds. The Morgan fingerprint density at radius 2 is 2.03 bits per heavy atom. The minimum Gasteiger partial charge on any atom is -0.329 e. The van der Waals surface area contributed by atoms with Gasteiger partial charge in [0, 0.05) is 43.7 Å². The van der Waals surface area contributed by atoms with Gasteiger partial charge in [0.25, 0.3) is 5.91 Å². The molecule has 0 aromatic heterocycles. The van der Waals surface area contributed by atoms with Crippen LogP contribution in [0.5, 0.6) is 0 Å². The maximum absolute atomic E-state index is 13.3. The van der Waals surface area contributed by atoms with Crippen LogP contribution in [0.3, 0.4) is 0 Å². The van der Waals surface area contributed by atoms with Crippen molar-refractivity contribution in [1.82, 2.24) is 15.1 Å². The first-order chi connectivity index (χ1) is 13.9. The maximum Gasteiger partial charge on any atom is 0.255 e. The Hall–Kier alpha value is -2.25. The third kappa shape index (κ3) is 2.67. The smallest absolute Gasteiger partial charge is 0.255 e. The Morgan fingerprint density at radius 1 is 1.24 bits per heavy atom. The summed E-state index contributed by atoms with van der Waals surface area (Å²) < 4.78 is 0. The number of piperidine rings is 1. The number of amides is 3. The Labute approximate surface area is 170 Å². The van der Waals surface area contributed by atoms with E-state index in [1.165, 1.54) is 6.42 Å². The van der Waals surface area contributed by atoms with E-state index in [4.69, 9.17) is 5.73 Å². The van der Waals surface area contributed by atoms with E-state index in [2.05, 4.69) is 17.1 Å². The number of rotatable bonds is 5. The van der Waals surface area contributed by atoms with Gasteiger partial charge in [0.2, 0.25) is 11.8 Å². The van der Waals surface area contributed by atoms with Crippen molar-refractivity contribution < 1.29 is 14.4 Å². The summed E-state index contributed by atoms with van der Waals surface area (Å²) in [7, 11) is 0. The largest absolute Gasteiger partial charge is 0.329 e. The van der Waals surface area contributed by atoms with Crippen LogP contribution in [0.1, 0.15) is 60.5 Å². The molecule has 1 atom stereocenters.